The van der Waals surface area contributed by atoms with Crippen molar-refractivity contribution in [3.63, 3.8) is 0 Å². The van der Waals surface area contributed by atoms with E-state index in [0.717, 1.165) is 6.42 Å². The number of nitrogens with one attached hydrogen (secondary N) is 2. The number of fused-ring (bicyclic) bond motifs is 1. The van der Waals surface area contributed by atoms with E-state index in [2.05, 4.69) is 15.6 Å². The fourth-order valence-corrected chi connectivity index (χ4v) is 3.48. The number of amides is 2. The third-order valence-electron chi connectivity index (χ3n) is 4.02. The second-order valence-electron chi connectivity index (χ2n) is 5.98. The first-order valence-corrected chi connectivity index (χ1v) is 8.86. The van der Waals surface area contributed by atoms with Crippen molar-refractivity contribution in [1.29, 1.82) is 0 Å². The Morgan fingerprint density at radius 3 is 2.74 bits per heavy atom. The van der Waals surface area contributed by atoms with E-state index < -0.39 is 0 Å². The predicted molar refractivity (Wildman–Crippen MR) is 89.6 cm³/mol. The molecule has 126 valence electrons. The maximum atomic E-state index is 12.2. The van der Waals surface area contributed by atoms with Crippen LogP contribution in [0.25, 0.3) is 0 Å². The molecule has 2 atom stereocenters. The fourth-order valence-electron chi connectivity index (χ4n) is 2.52. The molecule has 0 fully saturated rings. The van der Waals surface area contributed by atoms with Crippen LogP contribution in [0.5, 0.6) is 0 Å². The largest absolute Gasteiger partial charge is 0.356 e. The molecule has 7 heteroatoms. The van der Waals surface area contributed by atoms with Gasteiger partial charge in [-0.25, -0.2) is 4.98 Å². The van der Waals surface area contributed by atoms with Gasteiger partial charge in [-0.2, -0.15) is 0 Å². The lowest BCUT2D eigenvalue weighted by molar-refractivity contribution is -0.125. The Hall–Kier alpha value is -1.76. The molecule has 2 N–H and O–H groups in total. The molecule has 0 unspecified atom stereocenters. The number of carbonyl (C=O) groups excluding carboxylic acids is 3. The first-order valence-electron chi connectivity index (χ1n) is 8.05. The van der Waals surface area contributed by atoms with Crippen molar-refractivity contribution in [3.8, 4) is 0 Å². The Bertz CT molecular complexity index is 612. The monoisotopic (exact) mass is 337 g/mol. The second-order valence-corrected chi connectivity index (χ2v) is 6.98. The van der Waals surface area contributed by atoms with E-state index in [1.165, 1.54) is 11.3 Å². The maximum Gasteiger partial charge on any atom is 0.226 e. The number of carbonyl (C=O) groups is 3. The van der Waals surface area contributed by atoms with Gasteiger partial charge in [-0.15, -0.1) is 0 Å². The fraction of sp³-hybridized carbons (Fsp3) is 0.625. The van der Waals surface area contributed by atoms with Crippen LogP contribution in [0.4, 0.5) is 5.13 Å². The van der Waals surface area contributed by atoms with Gasteiger partial charge in [0.05, 0.1) is 16.5 Å². The standard InChI is InChI=1S/C16H23N3O3S/c1-4-9(3)6-13(21)19-16-18-11-7-10(15(22)17-5-2)8-12(20)14(11)23-16/h9-10H,4-8H2,1-3H3,(H,17,22)(H,18,19,21)/t9-,10+/m0/s1. The molecule has 0 bridgehead atoms. The molecular weight excluding hydrogens is 314 g/mol. The average molecular weight is 337 g/mol. The van der Waals surface area contributed by atoms with Gasteiger partial charge in [-0.1, -0.05) is 31.6 Å². The first-order chi connectivity index (χ1) is 10.9. The molecule has 0 saturated heterocycles. The summed E-state index contributed by atoms with van der Waals surface area (Å²) in [5.74, 6) is -0.309. The third-order valence-corrected chi connectivity index (χ3v) is 5.08. The lowest BCUT2D eigenvalue weighted by atomic mass is 9.89. The minimum Gasteiger partial charge on any atom is -0.356 e. The summed E-state index contributed by atoms with van der Waals surface area (Å²) < 4.78 is 0. The predicted octanol–water partition coefficient (Wildman–Crippen LogP) is 2.40. The van der Waals surface area contributed by atoms with E-state index in [9.17, 15) is 14.4 Å². The van der Waals surface area contributed by atoms with E-state index in [1.807, 2.05) is 20.8 Å². The van der Waals surface area contributed by atoms with Gasteiger partial charge >= 0.3 is 0 Å². The molecule has 0 spiro atoms. The Morgan fingerprint density at radius 2 is 2.09 bits per heavy atom. The first kappa shape index (κ1) is 17.6. The number of ketones is 1. The van der Waals surface area contributed by atoms with E-state index in [-0.39, 0.29) is 29.9 Å². The quantitative estimate of drug-likeness (QED) is 0.834. The number of nitrogens with zero attached hydrogens (tertiary/aromatic N) is 1. The van der Waals surface area contributed by atoms with Crippen molar-refractivity contribution < 1.29 is 14.4 Å². The van der Waals surface area contributed by atoms with E-state index >= 15 is 0 Å². The molecule has 0 radical (unpaired) electrons. The van der Waals surface area contributed by atoms with Crippen molar-refractivity contribution in [2.45, 2.75) is 46.5 Å². The van der Waals surface area contributed by atoms with Gasteiger partial charge < -0.3 is 10.6 Å². The Balaban J connectivity index is 2.06. The topological polar surface area (TPSA) is 88.2 Å². The van der Waals surface area contributed by atoms with Crippen molar-refractivity contribution in [3.05, 3.63) is 10.6 Å². The molecule has 2 amide bonds. The summed E-state index contributed by atoms with van der Waals surface area (Å²) in [6.07, 6.45) is 2.04. The van der Waals surface area contributed by atoms with Crippen LogP contribution in [-0.2, 0) is 16.0 Å². The van der Waals surface area contributed by atoms with Crippen LogP contribution >= 0.6 is 11.3 Å². The van der Waals surface area contributed by atoms with Crippen LogP contribution < -0.4 is 10.6 Å². The van der Waals surface area contributed by atoms with Crippen molar-refractivity contribution in [2.24, 2.45) is 11.8 Å². The molecule has 1 aromatic rings. The van der Waals surface area contributed by atoms with Crippen LogP contribution in [0.2, 0.25) is 0 Å². The molecule has 0 aromatic carbocycles. The van der Waals surface area contributed by atoms with Gasteiger partial charge in [0.1, 0.15) is 0 Å². The molecule has 0 saturated carbocycles. The van der Waals surface area contributed by atoms with Crippen molar-refractivity contribution in [1.82, 2.24) is 10.3 Å². The number of thiazole rings is 1. The molecule has 1 aliphatic rings. The summed E-state index contributed by atoms with van der Waals surface area (Å²) in [6, 6.07) is 0. The summed E-state index contributed by atoms with van der Waals surface area (Å²) in [7, 11) is 0. The van der Waals surface area contributed by atoms with Gasteiger partial charge in [0.2, 0.25) is 11.8 Å². The highest BCUT2D eigenvalue weighted by atomic mass is 32.1. The molecule has 1 heterocycles. The van der Waals surface area contributed by atoms with E-state index in [1.54, 1.807) is 0 Å². The third kappa shape index (κ3) is 4.37. The zero-order chi connectivity index (χ0) is 17.0. The van der Waals surface area contributed by atoms with E-state index in [4.69, 9.17) is 0 Å². The minimum absolute atomic E-state index is 0.0672. The summed E-state index contributed by atoms with van der Waals surface area (Å²) in [5, 5.41) is 5.97. The Morgan fingerprint density at radius 1 is 1.35 bits per heavy atom. The molecule has 0 aliphatic heterocycles. The number of hydrogen-bond donors (Lipinski definition) is 2. The van der Waals surface area contributed by atoms with Crippen molar-refractivity contribution in [2.75, 3.05) is 11.9 Å². The highest BCUT2D eigenvalue weighted by molar-refractivity contribution is 7.17. The lowest BCUT2D eigenvalue weighted by Crippen LogP contribution is -2.35. The Kier molecular flexibility index (Phi) is 5.87. The highest BCUT2D eigenvalue weighted by Gasteiger charge is 2.32. The molecule has 1 aliphatic carbocycles. The van der Waals surface area contributed by atoms with Crippen LogP contribution in [0.15, 0.2) is 0 Å². The summed E-state index contributed by atoms with van der Waals surface area (Å²) >= 11 is 1.21. The summed E-state index contributed by atoms with van der Waals surface area (Å²) in [4.78, 5) is 41.0. The SMILES string of the molecule is CCNC(=O)[C@H]1CC(=O)c2sc(NC(=O)C[C@@H](C)CC)nc2C1. The molecular formula is C16H23N3O3S. The highest BCUT2D eigenvalue weighted by Crippen LogP contribution is 2.32. The molecule has 23 heavy (non-hydrogen) atoms. The zero-order valence-electron chi connectivity index (χ0n) is 13.8. The average Bonchev–Trinajstić information content (AvgIpc) is 2.90. The van der Waals surface area contributed by atoms with Crippen LogP contribution in [0, 0.1) is 11.8 Å². The molecule has 6 nitrogen and oxygen atoms in total. The summed E-state index contributed by atoms with van der Waals surface area (Å²) in [5.41, 5.74) is 0.626. The smallest absolute Gasteiger partial charge is 0.226 e. The van der Waals surface area contributed by atoms with Crippen LogP contribution in [0.3, 0.4) is 0 Å². The number of rotatable bonds is 6. The van der Waals surface area contributed by atoms with Gasteiger partial charge in [0, 0.05) is 25.8 Å². The Labute approximate surface area is 140 Å². The zero-order valence-corrected chi connectivity index (χ0v) is 14.6. The van der Waals surface area contributed by atoms with Crippen LogP contribution in [-0.4, -0.2) is 29.1 Å². The number of anilines is 1. The van der Waals surface area contributed by atoms with E-state index in [0.29, 0.717) is 41.0 Å². The van der Waals surface area contributed by atoms with Crippen molar-refractivity contribution >= 4 is 34.1 Å². The lowest BCUT2D eigenvalue weighted by Gasteiger charge is -2.18. The molecule has 1 aromatic heterocycles. The maximum absolute atomic E-state index is 12.2. The van der Waals surface area contributed by atoms with Gasteiger partial charge in [-0.3, -0.25) is 14.4 Å². The van der Waals surface area contributed by atoms with Crippen LogP contribution in [0.1, 0.15) is 55.4 Å². The molecule has 2 rings (SSSR count). The normalized spacial score (nSPS) is 18.2. The van der Waals surface area contributed by atoms with Gasteiger partial charge in [0.15, 0.2) is 10.9 Å². The number of aromatic nitrogens is 1. The van der Waals surface area contributed by atoms with Gasteiger partial charge in [0.25, 0.3) is 0 Å². The van der Waals surface area contributed by atoms with Gasteiger partial charge in [-0.05, 0) is 12.8 Å². The second kappa shape index (κ2) is 7.68. The number of Topliss-reactive ketones (excluding diaryl/α,β-unsaturated/α-hetero) is 1. The summed E-state index contributed by atoms with van der Waals surface area (Å²) in [6.45, 7) is 6.46. The number of hydrogen-bond acceptors (Lipinski definition) is 5. The minimum atomic E-state index is -0.360.